The lowest BCUT2D eigenvalue weighted by molar-refractivity contribution is -0.124. The zero-order chi connectivity index (χ0) is 20.2. The van der Waals surface area contributed by atoms with Crippen LogP contribution in [0, 0.1) is 17.1 Å². The van der Waals surface area contributed by atoms with Crippen LogP contribution in [0.1, 0.15) is 29.2 Å². The average Bonchev–Trinajstić information content (AvgIpc) is 3.39. The van der Waals surface area contributed by atoms with Crippen LogP contribution in [0.2, 0.25) is 0 Å². The van der Waals surface area contributed by atoms with E-state index in [0.717, 1.165) is 5.56 Å². The first-order valence-electron chi connectivity index (χ1n) is 9.56. The van der Waals surface area contributed by atoms with E-state index in [1.165, 1.54) is 18.2 Å². The van der Waals surface area contributed by atoms with Gasteiger partial charge in [0.15, 0.2) is 0 Å². The van der Waals surface area contributed by atoms with Gasteiger partial charge in [-0.05, 0) is 29.3 Å². The molecule has 2 aliphatic rings. The summed E-state index contributed by atoms with van der Waals surface area (Å²) in [7, 11) is 0. The monoisotopic (exact) mass is 395 g/mol. The Kier molecular flexibility index (Phi) is 5.83. The lowest BCUT2D eigenvalue weighted by atomic mass is 10.0. The molecule has 2 aromatic carbocycles. The molecule has 2 aromatic rings. The number of hydroxylamine groups is 1. The van der Waals surface area contributed by atoms with Crippen LogP contribution in [0.3, 0.4) is 0 Å². The molecule has 1 amide bonds. The van der Waals surface area contributed by atoms with Crippen LogP contribution in [0.5, 0.6) is 0 Å². The van der Waals surface area contributed by atoms with E-state index in [2.05, 4.69) is 22.3 Å². The van der Waals surface area contributed by atoms with Crippen LogP contribution in [0.25, 0.3) is 0 Å². The van der Waals surface area contributed by atoms with Gasteiger partial charge in [-0.3, -0.25) is 15.1 Å². The van der Waals surface area contributed by atoms with Gasteiger partial charge in [0, 0.05) is 26.1 Å². The van der Waals surface area contributed by atoms with E-state index in [4.69, 9.17) is 4.84 Å². The number of nitrogens with one attached hydrogen (secondary N) is 3. The Hall–Kier alpha value is -2.83. The Bertz CT molecular complexity index is 917. The summed E-state index contributed by atoms with van der Waals surface area (Å²) in [6.45, 7) is 1.51. The number of halogens is 1. The molecular weight excluding hydrogens is 373 g/mol. The van der Waals surface area contributed by atoms with Crippen LogP contribution in [-0.2, 0) is 16.2 Å². The number of benzene rings is 2. The summed E-state index contributed by atoms with van der Waals surface area (Å²) in [5.41, 5.74) is 8.11. The minimum atomic E-state index is -0.414. The summed E-state index contributed by atoms with van der Waals surface area (Å²) in [5, 5.41) is 14.1. The summed E-state index contributed by atoms with van der Waals surface area (Å²) in [6.07, 6.45) is 0.414. The number of carbonyl (C=O) groups is 1. The van der Waals surface area contributed by atoms with E-state index in [0.29, 0.717) is 37.2 Å². The van der Waals surface area contributed by atoms with Crippen molar-refractivity contribution in [2.24, 2.45) is 0 Å². The minimum absolute atomic E-state index is 0.0841. The molecular formula is C21H22FN5O2. The molecule has 29 heavy (non-hydrogen) atoms. The second-order valence-electron chi connectivity index (χ2n) is 7.28. The third-order valence-electron chi connectivity index (χ3n) is 5.19. The molecule has 8 heteroatoms. The van der Waals surface area contributed by atoms with E-state index >= 15 is 0 Å². The first kappa shape index (κ1) is 19.5. The van der Waals surface area contributed by atoms with Crippen LogP contribution < -0.4 is 16.2 Å². The van der Waals surface area contributed by atoms with Gasteiger partial charge in [-0.15, -0.1) is 0 Å². The number of amides is 1. The molecule has 7 nitrogen and oxygen atoms in total. The summed E-state index contributed by atoms with van der Waals surface area (Å²) < 4.78 is 13.5. The lowest BCUT2D eigenvalue weighted by Crippen LogP contribution is -2.46. The maximum Gasteiger partial charge on any atom is 0.239 e. The van der Waals surface area contributed by atoms with Crippen molar-refractivity contribution in [2.75, 3.05) is 13.1 Å². The summed E-state index contributed by atoms with van der Waals surface area (Å²) in [6, 6.07) is 15.5. The van der Waals surface area contributed by atoms with Crippen molar-refractivity contribution in [3.05, 3.63) is 71.0 Å². The molecule has 3 N–H and O–H groups in total. The molecule has 2 heterocycles. The number of nitrogens with zero attached hydrogens (tertiary/aromatic N) is 2. The van der Waals surface area contributed by atoms with Crippen molar-refractivity contribution in [3.63, 3.8) is 0 Å². The Balaban J connectivity index is 1.29. The molecule has 3 atom stereocenters. The smallest absolute Gasteiger partial charge is 0.239 e. The third kappa shape index (κ3) is 4.60. The SMILES string of the molecule is N#Cc1ccc(F)cc1CN1CC(NC(=O)C2CC(c3ccccc3)ON2)CN1. The highest BCUT2D eigenvalue weighted by atomic mass is 19.1. The number of nitriles is 1. The van der Waals surface area contributed by atoms with Crippen LogP contribution in [0.15, 0.2) is 48.5 Å². The first-order chi connectivity index (χ1) is 14.1. The molecule has 0 aliphatic carbocycles. The van der Waals surface area contributed by atoms with Gasteiger partial charge in [-0.25, -0.2) is 9.40 Å². The molecule has 2 aliphatic heterocycles. The number of carbonyl (C=O) groups excluding carboxylic acids is 1. The molecule has 0 saturated carbocycles. The molecule has 0 radical (unpaired) electrons. The van der Waals surface area contributed by atoms with Crippen molar-refractivity contribution >= 4 is 5.91 Å². The Morgan fingerprint density at radius 1 is 1.31 bits per heavy atom. The maximum absolute atomic E-state index is 13.5. The number of hydrogen-bond acceptors (Lipinski definition) is 6. The van der Waals surface area contributed by atoms with Crippen LogP contribution >= 0.6 is 0 Å². The van der Waals surface area contributed by atoms with Crippen molar-refractivity contribution in [1.82, 2.24) is 21.2 Å². The number of rotatable bonds is 5. The van der Waals surface area contributed by atoms with Crippen molar-refractivity contribution in [3.8, 4) is 6.07 Å². The second-order valence-corrected chi connectivity index (χ2v) is 7.28. The Labute approximate surface area is 168 Å². The molecule has 0 bridgehead atoms. The van der Waals surface area contributed by atoms with Crippen molar-refractivity contribution < 1.29 is 14.0 Å². The molecule has 0 aromatic heterocycles. The van der Waals surface area contributed by atoms with Gasteiger partial charge in [0.2, 0.25) is 5.91 Å². The fraction of sp³-hybridized carbons (Fsp3) is 0.333. The fourth-order valence-electron chi connectivity index (χ4n) is 3.67. The van der Waals surface area contributed by atoms with E-state index in [9.17, 15) is 14.4 Å². The largest absolute Gasteiger partial charge is 0.349 e. The van der Waals surface area contributed by atoms with Gasteiger partial charge >= 0.3 is 0 Å². The van der Waals surface area contributed by atoms with Gasteiger partial charge < -0.3 is 5.32 Å². The lowest BCUT2D eigenvalue weighted by Gasteiger charge is -2.17. The van der Waals surface area contributed by atoms with Crippen LogP contribution in [0.4, 0.5) is 4.39 Å². The first-order valence-corrected chi connectivity index (χ1v) is 9.56. The molecule has 3 unspecified atom stereocenters. The Morgan fingerprint density at radius 3 is 2.93 bits per heavy atom. The van der Waals surface area contributed by atoms with Gasteiger partial charge in [-0.2, -0.15) is 10.7 Å². The van der Waals surface area contributed by atoms with Crippen molar-refractivity contribution in [1.29, 1.82) is 5.26 Å². The minimum Gasteiger partial charge on any atom is -0.349 e. The molecule has 0 spiro atoms. The normalized spacial score (nSPS) is 24.3. The predicted molar refractivity (Wildman–Crippen MR) is 103 cm³/mol. The predicted octanol–water partition coefficient (Wildman–Crippen LogP) is 1.54. The highest BCUT2D eigenvalue weighted by Crippen LogP contribution is 2.26. The molecule has 150 valence electrons. The number of hydrogen-bond donors (Lipinski definition) is 3. The van der Waals surface area contributed by atoms with Crippen LogP contribution in [-0.4, -0.2) is 36.1 Å². The molecule has 2 saturated heterocycles. The summed E-state index contributed by atoms with van der Waals surface area (Å²) >= 11 is 0. The van der Waals surface area contributed by atoms with Gasteiger partial charge in [0.1, 0.15) is 18.0 Å². The standard InChI is InChI=1S/C21H22FN5O2/c22-17-7-6-15(10-23)16(8-17)12-27-13-18(11-24-27)25-21(28)19-9-20(29-26-19)14-4-2-1-3-5-14/h1-8,18-20,24,26H,9,11-13H2,(H,25,28). The highest BCUT2D eigenvalue weighted by Gasteiger charge is 2.34. The fourth-order valence-corrected chi connectivity index (χ4v) is 3.67. The molecule has 2 fully saturated rings. The van der Waals surface area contributed by atoms with E-state index in [1.54, 1.807) is 0 Å². The zero-order valence-corrected chi connectivity index (χ0v) is 15.8. The topological polar surface area (TPSA) is 89.4 Å². The summed E-state index contributed by atoms with van der Waals surface area (Å²) in [4.78, 5) is 18.2. The van der Waals surface area contributed by atoms with E-state index in [1.807, 2.05) is 35.3 Å². The highest BCUT2D eigenvalue weighted by molar-refractivity contribution is 5.82. The van der Waals surface area contributed by atoms with E-state index in [-0.39, 0.29) is 23.9 Å². The van der Waals surface area contributed by atoms with Gasteiger partial charge in [0.25, 0.3) is 0 Å². The number of hydrazine groups is 1. The van der Waals surface area contributed by atoms with Gasteiger partial charge in [-0.1, -0.05) is 30.3 Å². The second kappa shape index (κ2) is 8.68. The van der Waals surface area contributed by atoms with E-state index < -0.39 is 6.04 Å². The Morgan fingerprint density at radius 2 is 2.14 bits per heavy atom. The average molecular weight is 395 g/mol. The van der Waals surface area contributed by atoms with Gasteiger partial charge in [0.05, 0.1) is 17.7 Å². The maximum atomic E-state index is 13.5. The summed E-state index contributed by atoms with van der Waals surface area (Å²) in [5.74, 6) is -0.483. The molecule has 4 rings (SSSR count). The quantitative estimate of drug-likeness (QED) is 0.712. The zero-order valence-electron chi connectivity index (χ0n) is 15.8. The van der Waals surface area contributed by atoms with Crippen molar-refractivity contribution in [2.45, 2.75) is 31.2 Å². The third-order valence-corrected chi connectivity index (χ3v) is 5.19.